The molecule has 0 aliphatic heterocycles. The molecule has 0 N–H and O–H groups in total. The Labute approximate surface area is 96.7 Å². The average molecular weight is 264 g/mol. The fraction of sp³-hybridized carbons (Fsp3) is 0.182. The van der Waals surface area contributed by atoms with E-state index < -0.39 is 0 Å². The first-order valence-corrected chi connectivity index (χ1v) is 5.38. The molecule has 0 aliphatic carbocycles. The van der Waals surface area contributed by atoms with E-state index in [2.05, 4.69) is 30.9 Å². The summed E-state index contributed by atoms with van der Waals surface area (Å²) in [5.41, 5.74) is 2.90. The van der Waals surface area contributed by atoms with Gasteiger partial charge in [-0.15, -0.1) is 0 Å². The molecule has 2 aromatic rings. The van der Waals surface area contributed by atoms with Crippen molar-refractivity contribution in [1.82, 2.24) is 15.0 Å². The van der Waals surface area contributed by atoms with Gasteiger partial charge in [0.25, 0.3) is 0 Å². The first-order valence-electron chi connectivity index (χ1n) is 4.59. The molecular formula is C11H10BrN3. The smallest absolute Gasteiger partial charge is 0.127 e. The molecule has 0 saturated carbocycles. The molecule has 0 atom stereocenters. The van der Waals surface area contributed by atoms with Crippen LogP contribution in [0.3, 0.4) is 0 Å². The molecular weight excluding hydrogens is 254 g/mol. The fourth-order valence-corrected chi connectivity index (χ4v) is 1.77. The zero-order valence-corrected chi connectivity index (χ0v) is 10.1. The van der Waals surface area contributed by atoms with Crippen LogP contribution in [0.2, 0.25) is 0 Å². The summed E-state index contributed by atoms with van der Waals surface area (Å²) in [5, 5.41) is 0. The predicted molar refractivity (Wildman–Crippen MR) is 62.4 cm³/mol. The highest BCUT2D eigenvalue weighted by Gasteiger charge is 2.02. The summed E-state index contributed by atoms with van der Waals surface area (Å²) in [6.45, 7) is 3.83. The third-order valence-corrected chi connectivity index (χ3v) is 2.42. The van der Waals surface area contributed by atoms with Crippen molar-refractivity contribution in [2.75, 3.05) is 0 Å². The lowest BCUT2D eigenvalue weighted by Crippen LogP contribution is -1.92. The highest BCUT2D eigenvalue weighted by molar-refractivity contribution is 9.10. The van der Waals surface area contributed by atoms with Gasteiger partial charge in [0.1, 0.15) is 10.4 Å². The van der Waals surface area contributed by atoms with E-state index in [1.807, 2.05) is 38.2 Å². The van der Waals surface area contributed by atoms with Crippen molar-refractivity contribution in [3.8, 4) is 11.3 Å². The summed E-state index contributed by atoms with van der Waals surface area (Å²) in [7, 11) is 0. The van der Waals surface area contributed by atoms with E-state index in [1.165, 1.54) is 0 Å². The van der Waals surface area contributed by atoms with Crippen LogP contribution in [0.5, 0.6) is 0 Å². The fourth-order valence-electron chi connectivity index (χ4n) is 1.30. The Morgan fingerprint density at radius 2 is 1.93 bits per heavy atom. The van der Waals surface area contributed by atoms with E-state index >= 15 is 0 Å². The van der Waals surface area contributed by atoms with Crippen LogP contribution in [0.1, 0.15) is 11.5 Å². The number of nitrogens with zero attached hydrogens (tertiary/aromatic N) is 3. The number of aryl methyl sites for hydroxylation is 2. The van der Waals surface area contributed by atoms with Crippen molar-refractivity contribution in [3.63, 3.8) is 0 Å². The van der Waals surface area contributed by atoms with Crippen LogP contribution in [0.15, 0.2) is 29.0 Å². The topological polar surface area (TPSA) is 38.7 Å². The zero-order valence-electron chi connectivity index (χ0n) is 8.53. The highest BCUT2D eigenvalue weighted by Crippen LogP contribution is 2.19. The summed E-state index contributed by atoms with van der Waals surface area (Å²) in [6.07, 6.45) is 1.82. The van der Waals surface area contributed by atoms with Gasteiger partial charge in [-0.05, 0) is 48.0 Å². The van der Waals surface area contributed by atoms with Crippen molar-refractivity contribution in [1.29, 1.82) is 0 Å². The molecule has 2 aromatic heterocycles. The molecule has 0 amide bonds. The number of aromatic nitrogens is 3. The lowest BCUT2D eigenvalue weighted by atomic mass is 10.2. The SMILES string of the molecule is Cc1ccc(-c2cc(Br)nc(C)n2)cn1. The quantitative estimate of drug-likeness (QED) is 0.743. The van der Waals surface area contributed by atoms with Gasteiger partial charge in [0.2, 0.25) is 0 Å². The molecule has 0 saturated heterocycles. The zero-order chi connectivity index (χ0) is 10.8. The minimum Gasteiger partial charge on any atom is -0.261 e. The predicted octanol–water partition coefficient (Wildman–Crippen LogP) is 2.92. The molecule has 2 rings (SSSR count). The normalized spacial score (nSPS) is 10.3. The maximum Gasteiger partial charge on any atom is 0.127 e. The van der Waals surface area contributed by atoms with E-state index in [9.17, 15) is 0 Å². The van der Waals surface area contributed by atoms with Crippen LogP contribution in [0, 0.1) is 13.8 Å². The second kappa shape index (κ2) is 4.06. The summed E-state index contributed by atoms with van der Waals surface area (Å²) >= 11 is 3.35. The van der Waals surface area contributed by atoms with Crippen molar-refractivity contribution >= 4 is 15.9 Å². The van der Waals surface area contributed by atoms with Crippen molar-refractivity contribution in [3.05, 3.63) is 40.5 Å². The molecule has 0 fully saturated rings. The van der Waals surface area contributed by atoms with Gasteiger partial charge in [0.15, 0.2) is 0 Å². The van der Waals surface area contributed by atoms with E-state index in [1.54, 1.807) is 0 Å². The van der Waals surface area contributed by atoms with Crippen molar-refractivity contribution < 1.29 is 0 Å². The summed E-state index contributed by atoms with van der Waals surface area (Å²) in [6, 6.07) is 5.87. The number of pyridine rings is 1. The Hall–Kier alpha value is -1.29. The van der Waals surface area contributed by atoms with Crippen LogP contribution < -0.4 is 0 Å². The monoisotopic (exact) mass is 263 g/mol. The van der Waals surface area contributed by atoms with Crippen LogP contribution >= 0.6 is 15.9 Å². The molecule has 0 unspecified atom stereocenters. The van der Waals surface area contributed by atoms with Crippen LogP contribution in [-0.4, -0.2) is 15.0 Å². The summed E-state index contributed by atoms with van der Waals surface area (Å²) in [4.78, 5) is 12.8. The number of rotatable bonds is 1. The average Bonchev–Trinajstić information content (AvgIpc) is 2.17. The molecule has 0 aromatic carbocycles. The lowest BCUT2D eigenvalue weighted by molar-refractivity contribution is 1.03. The molecule has 0 aliphatic rings. The van der Waals surface area contributed by atoms with Gasteiger partial charge in [0.05, 0.1) is 5.69 Å². The van der Waals surface area contributed by atoms with Gasteiger partial charge in [-0.25, -0.2) is 9.97 Å². The van der Waals surface area contributed by atoms with Crippen molar-refractivity contribution in [2.45, 2.75) is 13.8 Å². The molecule has 15 heavy (non-hydrogen) atoms. The van der Waals surface area contributed by atoms with E-state index in [-0.39, 0.29) is 0 Å². The number of hydrogen-bond acceptors (Lipinski definition) is 3. The summed E-state index contributed by atoms with van der Waals surface area (Å²) in [5.74, 6) is 0.750. The Bertz CT molecular complexity index is 459. The molecule has 0 radical (unpaired) electrons. The molecule has 0 bridgehead atoms. The van der Waals surface area contributed by atoms with Crippen LogP contribution in [0.4, 0.5) is 0 Å². The molecule has 2 heterocycles. The summed E-state index contributed by atoms with van der Waals surface area (Å²) < 4.78 is 0.797. The Morgan fingerprint density at radius 1 is 1.13 bits per heavy atom. The van der Waals surface area contributed by atoms with Gasteiger partial charge in [-0.3, -0.25) is 4.98 Å². The highest BCUT2D eigenvalue weighted by atomic mass is 79.9. The van der Waals surface area contributed by atoms with Crippen molar-refractivity contribution in [2.24, 2.45) is 0 Å². The standard InChI is InChI=1S/C11H10BrN3/c1-7-3-4-9(6-13-7)10-5-11(12)15-8(2)14-10/h3-6H,1-2H3. The van der Waals surface area contributed by atoms with Crippen LogP contribution in [0.25, 0.3) is 11.3 Å². The first kappa shape index (κ1) is 10.2. The third-order valence-electron chi connectivity index (χ3n) is 2.01. The van der Waals surface area contributed by atoms with E-state index in [0.29, 0.717) is 0 Å². The third kappa shape index (κ3) is 2.39. The van der Waals surface area contributed by atoms with Gasteiger partial charge in [0, 0.05) is 17.5 Å². The molecule has 4 heteroatoms. The minimum atomic E-state index is 0.750. The lowest BCUT2D eigenvalue weighted by Gasteiger charge is -2.02. The van der Waals surface area contributed by atoms with Crippen LogP contribution in [-0.2, 0) is 0 Å². The number of halogens is 1. The Morgan fingerprint density at radius 3 is 2.53 bits per heavy atom. The Balaban J connectivity index is 2.49. The number of hydrogen-bond donors (Lipinski definition) is 0. The first-order chi connectivity index (χ1) is 7.15. The second-order valence-electron chi connectivity index (χ2n) is 3.31. The van der Waals surface area contributed by atoms with Gasteiger partial charge >= 0.3 is 0 Å². The molecule has 76 valence electrons. The molecule has 0 spiro atoms. The largest absolute Gasteiger partial charge is 0.261 e. The van der Waals surface area contributed by atoms with Gasteiger partial charge < -0.3 is 0 Å². The van der Waals surface area contributed by atoms with Gasteiger partial charge in [-0.1, -0.05) is 0 Å². The maximum atomic E-state index is 4.35. The minimum absolute atomic E-state index is 0.750. The molecule has 3 nitrogen and oxygen atoms in total. The Kier molecular flexibility index (Phi) is 2.77. The van der Waals surface area contributed by atoms with Gasteiger partial charge in [-0.2, -0.15) is 0 Å². The van der Waals surface area contributed by atoms with E-state index in [4.69, 9.17) is 0 Å². The maximum absolute atomic E-state index is 4.35. The second-order valence-corrected chi connectivity index (χ2v) is 4.12. The van der Waals surface area contributed by atoms with E-state index in [0.717, 1.165) is 27.4 Å².